The number of hydrogen-bond acceptors (Lipinski definition) is 5. The quantitative estimate of drug-likeness (QED) is 0.364. The van der Waals surface area contributed by atoms with Crippen molar-refractivity contribution in [3.8, 4) is 5.75 Å². The first-order chi connectivity index (χ1) is 13.1. The van der Waals surface area contributed by atoms with Crippen molar-refractivity contribution >= 4 is 24.0 Å². The molecule has 0 heterocycles. The van der Waals surface area contributed by atoms with Crippen LogP contribution in [0.5, 0.6) is 5.75 Å². The van der Waals surface area contributed by atoms with Gasteiger partial charge < -0.3 is 15.2 Å². The molecular formula is C19H19N3O5. The van der Waals surface area contributed by atoms with E-state index in [0.29, 0.717) is 24.3 Å². The van der Waals surface area contributed by atoms with Gasteiger partial charge in [0.2, 0.25) is 0 Å². The summed E-state index contributed by atoms with van der Waals surface area (Å²) in [7, 11) is 0. The summed E-state index contributed by atoms with van der Waals surface area (Å²) < 4.78 is 5.12. The highest BCUT2D eigenvalue weighted by Crippen LogP contribution is 2.15. The second-order valence-corrected chi connectivity index (χ2v) is 5.41. The lowest BCUT2D eigenvalue weighted by Gasteiger charge is -2.06. The largest absolute Gasteiger partial charge is 0.481 e. The molecule has 2 aromatic carbocycles. The van der Waals surface area contributed by atoms with Gasteiger partial charge in [-0.05, 0) is 24.1 Å². The van der Waals surface area contributed by atoms with Gasteiger partial charge in [0.25, 0.3) is 0 Å². The molecular weight excluding hydrogens is 350 g/mol. The third-order valence-electron chi connectivity index (χ3n) is 3.39. The molecule has 0 atom stereocenters. The second-order valence-electron chi connectivity index (χ2n) is 5.41. The average Bonchev–Trinajstić information content (AvgIpc) is 2.67. The molecule has 0 spiro atoms. The maximum atomic E-state index is 11.7. The molecule has 8 nitrogen and oxygen atoms in total. The zero-order valence-electron chi connectivity index (χ0n) is 14.4. The Labute approximate surface area is 155 Å². The molecule has 0 aromatic heterocycles. The number of aliphatic carboxylic acids is 1. The molecule has 3 N–H and O–H groups in total. The molecule has 2 amide bonds. The molecule has 0 bridgehead atoms. The Hall–Kier alpha value is -3.68. The van der Waals surface area contributed by atoms with E-state index >= 15 is 0 Å². The van der Waals surface area contributed by atoms with E-state index in [1.807, 2.05) is 30.3 Å². The second kappa shape index (κ2) is 10.3. The van der Waals surface area contributed by atoms with E-state index in [1.165, 1.54) is 6.21 Å². The van der Waals surface area contributed by atoms with Gasteiger partial charge in [-0.2, -0.15) is 5.10 Å². The summed E-state index contributed by atoms with van der Waals surface area (Å²) in [5, 5.41) is 14.9. The summed E-state index contributed by atoms with van der Waals surface area (Å²) in [6.45, 7) is -0.174. The van der Waals surface area contributed by atoms with Crippen molar-refractivity contribution < 1.29 is 24.2 Å². The van der Waals surface area contributed by atoms with Crippen LogP contribution < -0.4 is 15.5 Å². The van der Waals surface area contributed by atoms with Crippen molar-refractivity contribution in [3.63, 3.8) is 0 Å². The highest BCUT2D eigenvalue weighted by Gasteiger charge is 2.11. The van der Waals surface area contributed by atoms with E-state index in [0.717, 1.165) is 5.56 Å². The van der Waals surface area contributed by atoms with Crippen molar-refractivity contribution in [1.82, 2.24) is 10.7 Å². The summed E-state index contributed by atoms with van der Waals surface area (Å²) in [6, 6.07) is 16.1. The van der Waals surface area contributed by atoms with E-state index in [1.54, 1.807) is 24.3 Å². The Bertz CT molecular complexity index is 821. The predicted molar refractivity (Wildman–Crippen MR) is 98.5 cm³/mol. The van der Waals surface area contributed by atoms with Crippen molar-refractivity contribution in [2.24, 2.45) is 5.10 Å². The van der Waals surface area contributed by atoms with Crippen LogP contribution in [0.4, 0.5) is 0 Å². The first kappa shape index (κ1) is 19.6. The van der Waals surface area contributed by atoms with Crippen molar-refractivity contribution in [2.75, 3.05) is 13.2 Å². The number of ether oxygens (including phenoxy) is 1. The van der Waals surface area contributed by atoms with E-state index < -0.39 is 24.4 Å². The molecule has 2 aromatic rings. The number of carboxylic acid groups (broad SMARTS) is 1. The highest BCUT2D eigenvalue weighted by molar-refractivity contribution is 6.35. The van der Waals surface area contributed by atoms with Gasteiger partial charge in [-0.1, -0.05) is 42.5 Å². The van der Waals surface area contributed by atoms with Gasteiger partial charge >= 0.3 is 17.8 Å². The molecule has 140 valence electrons. The normalized spacial score (nSPS) is 10.4. The van der Waals surface area contributed by atoms with Gasteiger partial charge in [0.15, 0.2) is 6.61 Å². The third kappa shape index (κ3) is 6.99. The Kier molecular flexibility index (Phi) is 7.52. The van der Waals surface area contributed by atoms with Crippen LogP contribution in [0, 0.1) is 0 Å². The number of nitrogens with one attached hydrogen (secondary N) is 2. The number of nitrogens with zero attached hydrogens (tertiary/aromatic N) is 1. The first-order valence-electron chi connectivity index (χ1n) is 8.15. The lowest BCUT2D eigenvalue weighted by molar-refractivity contribution is -0.139. The van der Waals surface area contributed by atoms with Crippen LogP contribution in [0.2, 0.25) is 0 Å². The standard InChI is InChI=1S/C19H19N3O5/c23-17(24)13-27-16-9-5-4-8-15(16)12-21-22-19(26)18(25)20-11-10-14-6-2-1-3-7-14/h1-9,12H,10-11,13H2,(H,20,25)(H,22,26)(H,23,24)/b21-12+. The van der Waals surface area contributed by atoms with Gasteiger partial charge in [0, 0.05) is 12.1 Å². The lowest BCUT2D eigenvalue weighted by Crippen LogP contribution is -2.38. The van der Waals surface area contributed by atoms with Crippen LogP contribution in [0.25, 0.3) is 0 Å². The molecule has 0 aliphatic rings. The van der Waals surface area contributed by atoms with E-state index in [-0.39, 0.29) is 0 Å². The summed E-state index contributed by atoms with van der Waals surface area (Å²) in [4.78, 5) is 34.0. The molecule has 0 unspecified atom stereocenters. The number of carbonyl (C=O) groups excluding carboxylic acids is 2. The minimum atomic E-state index is -1.11. The van der Waals surface area contributed by atoms with Crippen LogP contribution >= 0.6 is 0 Å². The van der Waals surface area contributed by atoms with Gasteiger partial charge in [0.05, 0.1) is 6.21 Å². The highest BCUT2D eigenvalue weighted by atomic mass is 16.5. The van der Waals surface area contributed by atoms with E-state index in [2.05, 4.69) is 15.8 Å². The van der Waals surface area contributed by atoms with Crippen LogP contribution in [0.3, 0.4) is 0 Å². The molecule has 27 heavy (non-hydrogen) atoms. The number of carboxylic acids is 1. The van der Waals surface area contributed by atoms with Gasteiger partial charge in [0.1, 0.15) is 5.75 Å². The number of rotatable bonds is 8. The summed E-state index contributed by atoms with van der Waals surface area (Å²) in [5.41, 5.74) is 3.63. The number of benzene rings is 2. The zero-order valence-corrected chi connectivity index (χ0v) is 14.4. The minimum Gasteiger partial charge on any atom is -0.481 e. The molecule has 0 saturated heterocycles. The SMILES string of the molecule is O=C(O)COc1ccccc1/C=N/NC(=O)C(=O)NCCc1ccccc1. The molecule has 0 aliphatic heterocycles. The van der Waals surface area contributed by atoms with Gasteiger partial charge in [-0.25, -0.2) is 10.2 Å². The Morgan fingerprint density at radius 1 is 1.00 bits per heavy atom. The number of amides is 2. The lowest BCUT2D eigenvalue weighted by atomic mass is 10.1. The summed E-state index contributed by atoms with van der Waals surface area (Å²) >= 11 is 0. The summed E-state index contributed by atoms with van der Waals surface area (Å²) in [5.74, 6) is -2.51. The number of hydrogen-bond donors (Lipinski definition) is 3. The smallest absolute Gasteiger partial charge is 0.341 e. The maximum absolute atomic E-state index is 11.7. The first-order valence-corrected chi connectivity index (χ1v) is 8.15. The Balaban J connectivity index is 1.80. The van der Waals surface area contributed by atoms with E-state index in [9.17, 15) is 14.4 Å². The summed E-state index contributed by atoms with van der Waals surface area (Å²) in [6.07, 6.45) is 1.88. The molecule has 0 fully saturated rings. The van der Waals surface area contributed by atoms with E-state index in [4.69, 9.17) is 9.84 Å². The van der Waals surface area contributed by atoms with Crippen LogP contribution in [0.15, 0.2) is 59.7 Å². The van der Waals surface area contributed by atoms with Crippen LogP contribution in [0.1, 0.15) is 11.1 Å². The van der Waals surface area contributed by atoms with Crippen molar-refractivity contribution in [2.45, 2.75) is 6.42 Å². The fraction of sp³-hybridized carbons (Fsp3) is 0.158. The van der Waals surface area contributed by atoms with Gasteiger partial charge in [-0.3, -0.25) is 9.59 Å². The molecule has 0 aliphatic carbocycles. The van der Waals surface area contributed by atoms with Crippen molar-refractivity contribution in [3.05, 3.63) is 65.7 Å². The van der Waals surface area contributed by atoms with Crippen LogP contribution in [-0.4, -0.2) is 42.3 Å². The Morgan fingerprint density at radius 3 is 2.44 bits per heavy atom. The maximum Gasteiger partial charge on any atom is 0.341 e. The molecule has 2 rings (SSSR count). The number of hydrazone groups is 1. The van der Waals surface area contributed by atoms with Crippen LogP contribution in [-0.2, 0) is 20.8 Å². The fourth-order valence-corrected chi connectivity index (χ4v) is 2.11. The number of para-hydroxylation sites is 1. The zero-order chi connectivity index (χ0) is 19.5. The Morgan fingerprint density at radius 2 is 1.70 bits per heavy atom. The fourth-order valence-electron chi connectivity index (χ4n) is 2.11. The molecule has 0 saturated carbocycles. The monoisotopic (exact) mass is 369 g/mol. The predicted octanol–water partition coefficient (Wildman–Crippen LogP) is 0.959. The van der Waals surface area contributed by atoms with Crippen molar-refractivity contribution in [1.29, 1.82) is 0 Å². The molecule has 0 radical (unpaired) electrons. The minimum absolute atomic E-state index is 0.296. The third-order valence-corrected chi connectivity index (χ3v) is 3.39. The van der Waals surface area contributed by atoms with Gasteiger partial charge in [-0.15, -0.1) is 0 Å². The topological polar surface area (TPSA) is 117 Å². The average molecular weight is 369 g/mol. The molecule has 8 heteroatoms. The number of carbonyl (C=O) groups is 3.